The van der Waals surface area contributed by atoms with Crippen molar-refractivity contribution in [1.82, 2.24) is 20.0 Å². The normalized spacial score (nSPS) is 13.4. The van der Waals surface area contributed by atoms with Crippen molar-refractivity contribution in [3.05, 3.63) is 58.7 Å². The molecule has 0 bridgehead atoms. The fourth-order valence-electron chi connectivity index (χ4n) is 2.56. The standard InChI is InChI=1S/C16H13N5O3S/c22-14(11-3-1-2-6-17-11)20-16-19-10-5-8-21(9-13(10)25-16)15(23)12-4-7-18-24-12/h1-4,6-7H,5,8-9H2,(H,19,20,22). The van der Waals surface area contributed by atoms with Gasteiger partial charge in [0.15, 0.2) is 5.13 Å². The minimum Gasteiger partial charge on any atom is -0.351 e. The van der Waals surface area contributed by atoms with Crippen molar-refractivity contribution in [2.24, 2.45) is 0 Å². The fourth-order valence-corrected chi connectivity index (χ4v) is 3.58. The Hall–Kier alpha value is -3.07. The molecule has 3 aromatic rings. The first kappa shape index (κ1) is 15.5. The molecule has 1 aliphatic heterocycles. The van der Waals surface area contributed by atoms with Gasteiger partial charge in [-0.3, -0.25) is 19.9 Å². The van der Waals surface area contributed by atoms with Gasteiger partial charge in [0.25, 0.3) is 11.8 Å². The van der Waals surface area contributed by atoms with Crippen LogP contribution in [0.3, 0.4) is 0 Å². The summed E-state index contributed by atoms with van der Waals surface area (Å²) in [5, 5.41) is 6.83. The minimum atomic E-state index is -0.304. The number of rotatable bonds is 3. The van der Waals surface area contributed by atoms with Crippen LogP contribution in [0.2, 0.25) is 0 Å². The Morgan fingerprint density at radius 2 is 2.16 bits per heavy atom. The van der Waals surface area contributed by atoms with E-state index in [1.165, 1.54) is 17.5 Å². The molecule has 0 aromatic carbocycles. The van der Waals surface area contributed by atoms with Crippen LogP contribution in [0.15, 0.2) is 41.2 Å². The molecule has 1 N–H and O–H groups in total. The molecule has 4 rings (SSSR count). The van der Waals surface area contributed by atoms with E-state index in [0.717, 1.165) is 10.6 Å². The van der Waals surface area contributed by atoms with Crippen molar-refractivity contribution in [1.29, 1.82) is 0 Å². The number of aromatic nitrogens is 3. The highest BCUT2D eigenvalue weighted by atomic mass is 32.1. The zero-order chi connectivity index (χ0) is 17.2. The zero-order valence-electron chi connectivity index (χ0n) is 13.0. The van der Waals surface area contributed by atoms with Crippen molar-refractivity contribution < 1.29 is 14.1 Å². The maximum absolute atomic E-state index is 12.3. The molecule has 8 nitrogen and oxygen atoms in total. The molecule has 126 valence electrons. The molecular formula is C16H13N5O3S. The summed E-state index contributed by atoms with van der Waals surface area (Å²) in [4.78, 5) is 35.6. The number of nitrogens with zero attached hydrogens (tertiary/aromatic N) is 4. The average molecular weight is 355 g/mol. The van der Waals surface area contributed by atoms with Gasteiger partial charge in [-0.1, -0.05) is 22.6 Å². The van der Waals surface area contributed by atoms with Gasteiger partial charge in [0.1, 0.15) is 5.69 Å². The van der Waals surface area contributed by atoms with Gasteiger partial charge < -0.3 is 9.42 Å². The summed E-state index contributed by atoms with van der Waals surface area (Å²) in [6.07, 6.45) is 3.64. The summed E-state index contributed by atoms with van der Waals surface area (Å²) in [6, 6.07) is 6.68. The second kappa shape index (κ2) is 6.44. The molecule has 0 unspecified atom stereocenters. The Kier molecular flexibility index (Phi) is 3.98. The molecule has 2 amide bonds. The van der Waals surface area contributed by atoms with Gasteiger partial charge in [-0.2, -0.15) is 0 Å². The van der Waals surface area contributed by atoms with Crippen molar-refractivity contribution in [3.8, 4) is 0 Å². The number of nitrogens with one attached hydrogen (secondary N) is 1. The van der Waals surface area contributed by atoms with Gasteiger partial charge in [0.2, 0.25) is 5.76 Å². The van der Waals surface area contributed by atoms with Crippen molar-refractivity contribution in [2.75, 3.05) is 11.9 Å². The second-order valence-electron chi connectivity index (χ2n) is 5.41. The fraction of sp³-hybridized carbons (Fsp3) is 0.188. The van der Waals surface area contributed by atoms with Gasteiger partial charge >= 0.3 is 0 Å². The van der Waals surface area contributed by atoms with Crippen LogP contribution in [0, 0.1) is 0 Å². The van der Waals surface area contributed by atoms with Crippen LogP contribution in [0.25, 0.3) is 0 Å². The summed E-state index contributed by atoms with van der Waals surface area (Å²) < 4.78 is 4.93. The number of pyridine rings is 1. The molecule has 0 atom stereocenters. The Bertz CT molecular complexity index is 907. The number of fused-ring (bicyclic) bond motifs is 1. The molecule has 0 aliphatic carbocycles. The molecule has 9 heteroatoms. The van der Waals surface area contributed by atoms with Gasteiger partial charge in [-0.25, -0.2) is 4.98 Å². The van der Waals surface area contributed by atoms with E-state index >= 15 is 0 Å². The summed E-state index contributed by atoms with van der Waals surface area (Å²) in [7, 11) is 0. The lowest BCUT2D eigenvalue weighted by molar-refractivity contribution is 0.0694. The van der Waals surface area contributed by atoms with E-state index in [4.69, 9.17) is 4.52 Å². The Balaban J connectivity index is 1.47. The largest absolute Gasteiger partial charge is 0.351 e. The first-order valence-corrected chi connectivity index (χ1v) is 8.43. The smallest absolute Gasteiger partial charge is 0.292 e. The first-order chi connectivity index (χ1) is 12.2. The SMILES string of the molecule is O=C(Nc1nc2c(s1)CN(C(=O)c1ccno1)CC2)c1ccccn1. The number of hydrogen-bond donors (Lipinski definition) is 1. The highest BCUT2D eigenvalue weighted by Gasteiger charge is 2.27. The van der Waals surface area contributed by atoms with Gasteiger partial charge in [-0.05, 0) is 12.1 Å². The quantitative estimate of drug-likeness (QED) is 0.771. The topological polar surface area (TPSA) is 101 Å². The lowest BCUT2D eigenvalue weighted by Gasteiger charge is -2.24. The molecule has 25 heavy (non-hydrogen) atoms. The lowest BCUT2D eigenvalue weighted by atomic mass is 10.1. The highest BCUT2D eigenvalue weighted by molar-refractivity contribution is 7.15. The predicted molar refractivity (Wildman–Crippen MR) is 89.3 cm³/mol. The van der Waals surface area contributed by atoms with Crippen LogP contribution in [-0.2, 0) is 13.0 Å². The Morgan fingerprint density at radius 1 is 1.24 bits per heavy atom. The van der Waals surface area contributed by atoms with Gasteiger partial charge in [0.05, 0.1) is 18.4 Å². The van der Waals surface area contributed by atoms with Crippen LogP contribution >= 0.6 is 11.3 Å². The molecular weight excluding hydrogens is 342 g/mol. The van der Waals surface area contributed by atoms with E-state index in [1.54, 1.807) is 35.4 Å². The maximum atomic E-state index is 12.3. The molecule has 0 radical (unpaired) electrons. The summed E-state index contributed by atoms with van der Waals surface area (Å²) in [5.74, 6) is -0.284. The second-order valence-corrected chi connectivity index (χ2v) is 6.50. The van der Waals surface area contributed by atoms with Crippen LogP contribution in [0.5, 0.6) is 0 Å². The number of thiazole rings is 1. The number of hydrogen-bond acceptors (Lipinski definition) is 7. The third kappa shape index (κ3) is 3.13. The third-order valence-corrected chi connectivity index (χ3v) is 4.78. The van der Waals surface area contributed by atoms with E-state index < -0.39 is 0 Å². The molecule has 0 fully saturated rings. The van der Waals surface area contributed by atoms with Crippen molar-refractivity contribution >= 4 is 28.3 Å². The van der Waals surface area contributed by atoms with Crippen LogP contribution in [0.4, 0.5) is 5.13 Å². The van der Waals surface area contributed by atoms with Crippen LogP contribution in [-0.4, -0.2) is 38.4 Å². The Labute approximate surface area is 146 Å². The summed E-state index contributed by atoms with van der Waals surface area (Å²) >= 11 is 1.37. The predicted octanol–water partition coefficient (Wildman–Crippen LogP) is 1.98. The van der Waals surface area contributed by atoms with E-state index in [9.17, 15) is 9.59 Å². The zero-order valence-corrected chi connectivity index (χ0v) is 13.8. The van der Waals surface area contributed by atoms with Gasteiger partial charge in [0, 0.05) is 30.1 Å². The van der Waals surface area contributed by atoms with Crippen molar-refractivity contribution in [2.45, 2.75) is 13.0 Å². The number of anilines is 1. The van der Waals surface area contributed by atoms with Crippen molar-refractivity contribution in [3.63, 3.8) is 0 Å². The van der Waals surface area contributed by atoms with E-state index in [-0.39, 0.29) is 17.6 Å². The summed E-state index contributed by atoms with van der Waals surface area (Å²) in [5.41, 5.74) is 1.24. The number of carbonyl (C=O) groups is 2. The molecule has 0 saturated carbocycles. The van der Waals surface area contributed by atoms with E-state index in [0.29, 0.717) is 30.3 Å². The maximum Gasteiger partial charge on any atom is 0.292 e. The summed E-state index contributed by atoms with van der Waals surface area (Å²) in [6.45, 7) is 0.982. The average Bonchev–Trinajstić information content (AvgIpc) is 3.30. The molecule has 4 heterocycles. The van der Waals surface area contributed by atoms with E-state index in [1.807, 2.05) is 0 Å². The first-order valence-electron chi connectivity index (χ1n) is 7.61. The molecule has 0 saturated heterocycles. The Morgan fingerprint density at radius 3 is 2.92 bits per heavy atom. The van der Waals surface area contributed by atoms with Crippen LogP contribution < -0.4 is 5.32 Å². The minimum absolute atomic E-state index is 0.198. The molecule has 1 aliphatic rings. The molecule has 3 aromatic heterocycles. The number of carbonyl (C=O) groups excluding carboxylic acids is 2. The molecule has 0 spiro atoms. The third-order valence-electron chi connectivity index (χ3n) is 3.79. The number of amides is 2. The van der Waals surface area contributed by atoms with Crippen LogP contribution in [0.1, 0.15) is 31.6 Å². The highest BCUT2D eigenvalue weighted by Crippen LogP contribution is 2.29. The van der Waals surface area contributed by atoms with Gasteiger partial charge in [-0.15, -0.1) is 0 Å². The lowest BCUT2D eigenvalue weighted by Crippen LogP contribution is -2.35. The van der Waals surface area contributed by atoms with E-state index in [2.05, 4.69) is 20.4 Å². The monoisotopic (exact) mass is 355 g/mol.